The Morgan fingerprint density at radius 1 is 1.40 bits per heavy atom. The lowest BCUT2D eigenvalue weighted by molar-refractivity contribution is 0.0958. The molecule has 2 N–H and O–H groups in total. The number of hydrogen-bond donors (Lipinski definition) is 2. The first-order valence-corrected chi connectivity index (χ1v) is 10.2. The highest BCUT2D eigenvalue weighted by Crippen LogP contribution is 2.41. The van der Waals surface area contributed by atoms with Crippen LogP contribution in [0.1, 0.15) is 21.8 Å². The molecule has 0 spiro atoms. The molecule has 0 saturated carbocycles. The van der Waals surface area contributed by atoms with Gasteiger partial charge in [-0.05, 0) is 37.6 Å². The van der Waals surface area contributed by atoms with Crippen LogP contribution in [-0.2, 0) is 4.74 Å². The Kier molecular flexibility index (Phi) is 5.71. The van der Waals surface area contributed by atoms with E-state index in [1.807, 2.05) is 18.2 Å². The molecule has 1 unspecified atom stereocenters. The fourth-order valence-corrected chi connectivity index (χ4v) is 4.18. The molecule has 0 saturated heterocycles. The van der Waals surface area contributed by atoms with Gasteiger partial charge in [0.15, 0.2) is 23.0 Å². The normalized spacial score (nSPS) is 18.0. The zero-order valence-corrected chi connectivity index (χ0v) is 17.4. The Labute approximate surface area is 177 Å². The van der Waals surface area contributed by atoms with E-state index in [-0.39, 0.29) is 17.6 Å². The van der Waals surface area contributed by atoms with Crippen molar-refractivity contribution in [2.75, 3.05) is 20.3 Å². The van der Waals surface area contributed by atoms with E-state index in [4.69, 9.17) is 14.2 Å². The number of aryl methyl sites for hydroxylation is 1. The summed E-state index contributed by atoms with van der Waals surface area (Å²) in [4.78, 5) is 17.6. The van der Waals surface area contributed by atoms with Gasteiger partial charge < -0.3 is 19.3 Å². The van der Waals surface area contributed by atoms with E-state index in [9.17, 15) is 9.90 Å². The van der Waals surface area contributed by atoms with Crippen LogP contribution in [0, 0.1) is 12.8 Å². The maximum atomic E-state index is 12.6. The molecule has 1 aromatic carbocycles. The van der Waals surface area contributed by atoms with Crippen molar-refractivity contribution in [1.29, 1.82) is 0 Å². The van der Waals surface area contributed by atoms with Crippen LogP contribution in [0.5, 0.6) is 11.5 Å². The standard InChI is InChI=1S/C21H21N3O5S/c1-12-19(20(26)24-22-11-13-6-7-16(27-2)15(25)10-13)30-21(23-12)14-4-3-5-17-18(14)29-9-8-28-17/h3-5,7,10-11,13,25H,6,8-9H2,1-2H3,(H,24,26)/b22-11+. The van der Waals surface area contributed by atoms with Crippen molar-refractivity contribution in [3.63, 3.8) is 0 Å². The number of carbonyl (C=O) groups is 1. The second-order valence-corrected chi connectivity index (χ2v) is 7.71. The molecular weight excluding hydrogens is 406 g/mol. The molecule has 1 atom stereocenters. The molecule has 1 aromatic heterocycles. The summed E-state index contributed by atoms with van der Waals surface area (Å²) >= 11 is 1.27. The zero-order chi connectivity index (χ0) is 21.1. The molecule has 2 aliphatic rings. The van der Waals surface area contributed by atoms with Gasteiger partial charge in [-0.3, -0.25) is 4.79 Å². The summed E-state index contributed by atoms with van der Waals surface area (Å²) in [6.45, 7) is 2.77. The van der Waals surface area contributed by atoms with Gasteiger partial charge in [-0.15, -0.1) is 11.3 Å². The van der Waals surface area contributed by atoms with E-state index < -0.39 is 0 Å². The number of amides is 1. The molecule has 0 fully saturated rings. The molecule has 30 heavy (non-hydrogen) atoms. The molecule has 1 aliphatic heterocycles. The number of aliphatic hydroxyl groups is 1. The number of para-hydroxylation sites is 1. The monoisotopic (exact) mass is 427 g/mol. The minimum Gasteiger partial charge on any atom is -0.504 e. The van der Waals surface area contributed by atoms with E-state index in [2.05, 4.69) is 15.5 Å². The van der Waals surface area contributed by atoms with Crippen LogP contribution in [0.2, 0.25) is 0 Å². The van der Waals surface area contributed by atoms with Crippen molar-refractivity contribution in [3.05, 3.63) is 52.4 Å². The topological polar surface area (TPSA) is 102 Å². The fraction of sp³-hybridized carbons (Fsp3) is 0.286. The number of ether oxygens (including phenoxy) is 3. The highest BCUT2D eigenvalue weighted by Gasteiger charge is 2.22. The second kappa shape index (κ2) is 8.58. The number of fused-ring (bicyclic) bond motifs is 1. The van der Waals surface area contributed by atoms with Gasteiger partial charge in [0.1, 0.15) is 23.1 Å². The predicted octanol–water partition coefficient (Wildman–Crippen LogP) is 3.60. The maximum absolute atomic E-state index is 12.6. The third-order valence-corrected chi connectivity index (χ3v) is 5.84. The number of hydrazone groups is 1. The van der Waals surface area contributed by atoms with Crippen LogP contribution >= 0.6 is 11.3 Å². The van der Waals surface area contributed by atoms with Crippen LogP contribution in [0.4, 0.5) is 0 Å². The van der Waals surface area contributed by atoms with Crippen LogP contribution < -0.4 is 14.9 Å². The quantitative estimate of drug-likeness (QED) is 0.558. The fourth-order valence-electron chi connectivity index (χ4n) is 3.20. The van der Waals surface area contributed by atoms with Crippen molar-refractivity contribution < 1.29 is 24.1 Å². The van der Waals surface area contributed by atoms with Gasteiger partial charge in [-0.2, -0.15) is 5.10 Å². The molecule has 0 bridgehead atoms. The Morgan fingerprint density at radius 2 is 2.23 bits per heavy atom. The third-order valence-electron chi connectivity index (χ3n) is 4.65. The number of benzene rings is 1. The van der Waals surface area contributed by atoms with Crippen molar-refractivity contribution in [2.24, 2.45) is 11.0 Å². The summed E-state index contributed by atoms with van der Waals surface area (Å²) in [5, 5.41) is 14.6. The SMILES string of the molecule is COC1=CCC(/C=N/NC(=O)c2sc(-c3cccc4c3OCCO4)nc2C)C=C1O. The highest BCUT2D eigenvalue weighted by molar-refractivity contribution is 7.17. The van der Waals surface area contributed by atoms with Crippen LogP contribution in [0.3, 0.4) is 0 Å². The van der Waals surface area contributed by atoms with Crippen molar-refractivity contribution >= 4 is 23.5 Å². The van der Waals surface area contributed by atoms with Gasteiger partial charge in [-0.25, -0.2) is 10.4 Å². The molecule has 2 heterocycles. The number of nitrogens with zero attached hydrogens (tertiary/aromatic N) is 2. The van der Waals surface area contributed by atoms with Gasteiger partial charge in [0.25, 0.3) is 5.91 Å². The molecule has 2 aromatic rings. The Balaban J connectivity index is 1.47. The van der Waals surface area contributed by atoms with Gasteiger partial charge in [0.2, 0.25) is 0 Å². The third kappa shape index (κ3) is 4.02. The molecule has 156 valence electrons. The van der Waals surface area contributed by atoms with Gasteiger partial charge >= 0.3 is 0 Å². The Bertz CT molecular complexity index is 1060. The summed E-state index contributed by atoms with van der Waals surface area (Å²) in [6, 6.07) is 5.62. The van der Waals surface area contributed by atoms with Gasteiger partial charge in [0.05, 0.1) is 18.4 Å². The lowest BCUT2D eigenvalue weighted by atomic mass is 10.0. The van der Waals surface area contributed by atoms with E-state index in [1.54, 1.807) is 25.3 Å². The van der Waals surface area contributed by atoms with Gasteiger partial charge in [-0.1, -0.05) is 6.07 Å². The molecule has 0 radical (unpaired) electrons. The average molecular weight is 427 g/mol. The smallest absolute Gasteiger partial charge is 0.283 e. The molecule has 8 nitrogen and oxygen atoms in total. The highest BCUT2D eigenvalue weighted by atomic mass is 32.1. The number of rotatable bonds is 5. The van der Waals surface area contributed by atoms with E-state index in [0.29, 0.717) is 52.5 Å². The Hall–Kier alpha value is -3.33. The van der Waals surface area contributed by atoms with Crippen molar-refractivity contribution in [1.82, 2.24) is 10.4 Å². The number of aromatic nitrogens is 1. The molecule has 1 amide bonds. The molecule has 1 aliphatic carbocycles. The largest absolute Gasteiger partial charge is 0.504 e. The summed E-state index contributed by atoms with van der Waals surface area (Å²) < 4.78 is 16.4. The van der Waals surface area contributed by atoms with Gasteiger partial charge in [0, 0.05) is 12.1 Å². The Morgan fingerprint density at radius 3 is 3.03 bits per heavy atom. The first kappa shape index (κ1) is 20.0. The number of thiazole rings is 1. The number of aliphatic hydroxyl groups excluding tert-OH is 1. The summed E-state index contributed by atoms with van der Waals surface area (Å²) in [7, 11) is 1.50. The first-order valence-electron chi connectivity index (χ1n) is 9.42. The minimum absolute atomic E-state index is 0.0619. The first-order chi connectivity index (χ1) is 14.6. The van der Waals surface area contributed by atoms with Crippen molar-refractivity contribution in [3.8, 4) is 22.1 Å². The number of methoxy groups -OCH3 is 1. The summed E-state index contributed by atoms with van der Waals surface area (Å²) in [6.07, 6.45) is 5.61. The summed E-state index contributed by atoms with van der Waals surface area (Å²) in [5.41, 5.74) is 3.95. The van der Waals surface area contributed by atoms with Crippen LogP contribution in [0.25, 0.3) is 10.6 Å². The number of nitrogens with one attached hydrogen (secondary N) is 1. The summed E-state index contributed by atoms with van der Waals surface area (Å²) in [5.74, 6) is 1.36. The average Bonchev–Trinajstić information content (AvgIpc) is 3.15. The maximum Gasteiger partial charge on any atom is 0.283 e. The van der Waals surface area contributed by atoms with Crippen LogP contribution in [0.15, 0.2) is 47.0 Å². The van der Waals surface area contributed by atoms with E-state index >= 15 is 0 Å². The predicted molar refractivity (Wildman–Crippen MR) is 113 cm³/mol. The van der Waals surface area contributed by atoms with Crippen LogP contribution in [-0.4, -0.2) is 42.5 Å². The number of allylic oxidation sites excluding steroid dienone is 2. The number of carbonyl (C=O) groups excluding carboxylic acids is 1. The lowest BCUT2D eigenvalue weighted by Crippen LogP contribution is -2.18. The minimum atomic E-state index is -0.341. The second-order valence-electron chi connectivity index (χ2n) is 6.71. The molecule has 4 rings (SSSR count). The zero-order valence-electron chi connectivity index (χ0n) is 16.5. The lowest BCUT2D eigenvalue weighted by Gasteiger charge is -2.20. The van der Waals surface area contributed by atoms with E-state index in [1.165, 1.54) is 18.4 Å². The van der Waals surface area contributed by atoms with E-state index in [0.717, 1.165) is 5.56 Å². The molecule has 9 heteroatoms. The van der Waals surface area contributed by atoms with Crippen molar-refractivity contribution in [2.45, 2.75) is 13.3 Å². The molecular formula is C21H21N3O5S. The number of hydrogen-bond acceptors (Lipinski definition) is 8.